The zero-order valence-corrected chi connectivity index (χ0v) is 10.5. The predicted octanol–water partition coefficient (Wildman–Crippen LogP) is 2.19. The predicted molar refractivity (Wildman–Crippen MR) is 73.1 cm³/mol. The maximum Gasteiger partial charge on any atom is 0.199 e. The van der Waals surface area contributed by atoms with Crippen LogP contribution in [0.5, 0.6) is 5.75 Å². The number of aliphatic hydroxyl groups excluding tert-OH is 1. The molecule has 0 aromatic heterocycles. The standard InChI is InChI=1S/C15H15NO3/c1-19-13-9-11(16)7-8-12(13)15(18)14(17)10-5-3-2-4-6-10/h2-9,14,17H,16H2,1H3. The molecule has 4 heteroatoms. The van der Waals surface area contributed by atoms with E-state index in [9.17, 15) is 9.90 Å². The van der Waals surface area contributed by atoms with E-state index in [-0.39, 0.29) is 0 Å². The van der Waals surface area contributed by atoms with Crippen molar-refractivity contribution in [3.05, 3.63) is 59.7 Å². The maximum absolute atomic E-state index is 12.3. The first-order valence-corrected chi connectivity index (χ1v) is 5.84. The summed E-state index contributed by atoms with van der Waals surface area (Å²) in [6, 6.07) is 13.5. The molecule has 2 aromatic rings. The van der Waals surface area contributed by atoms with Gasteiger partial charge in [-0.3, -0.25) is 4.79 Å². The SMILES string of the molecule is COc1cc(N)ccc1C(=O)C(O)c1ccccc1. The molecule has 0 amide bonds. The number of nitrogen functional groups attached to an aromatic ring is 1. The summed E-state index contributed by atoms with van der Waals surface area (Å²) in [5.41, 5.74) is 7.00. The number of hydrogen-bond acceptors (Lipinski definition) is 4. The molecule has 4 nitrogen and oxygen atoms in total. The molecular formula is C15H15NO3. The number of methoxy groups -OCH3 is 1. The lowest BCUT2D eigenvalue weighted by Gasteiger charge is -2.13. The molecule has 2 rings (SSSR count). The summed E-state index contributed by atoms with van der Waals surface area (Å²) in [5.74, 6) is -0.0527. The van der Waals surface area contributed by atoms with Gasteiger partial charge in [0.15, 0.2) is 5.78 Å². The Morgan fingerprint density at radius 2 is 1.89 bits per heavy atom. The zero-order chi connectivity index (χ0) is 13.8. The van der Waals surface area contributed by atoms with Crippen molar-refractivity contribution in [3.8, 4) is 5.75 Å². The molecule has 0 aliphatic rings. The number of Topliss-reactive ketones (excluding diaryl/α,β-unsaturated/α-hetero) is 1. The number of nitrogens with two attached hydrogens (primary N) is 1. The number of aliphatic hydroxyl groups is 1. The van der Waals surface area contributed by atoms with Crippen LogP contribution in [0.2, 0.25) is 0 Å². The molecule has 0 radical (unpaired) electrons. The Bertz CT molecular complexity index is 581. The fourth-order valence-corrected chi connectivity index (χ4v) is 1.85. The normalized spacial score (nSPS) is 11.9. The summed E-state index contributed by atoms with van der Waals surface area (Å²) in [6.45, 7) is 0. The summed E-state index contributed by atoms with van der Waals surface area (Å²) in [7, 11) is 1.46. The van der Waals surface area contributed by atoms with Crippen molar-refractivity contribution in [3.63, 3.8) is 0 Å². The van der Waals surface area contributed by atoms with Crippen LogP contribution in [-0.2, 0) is 0 Å². The van der Waals surface area contributed by atoms with Crippen LogP contribution in [0.4, 0.5) is 5.69 Å². The third-order valence-corrected chi connectivity index (χ3v) is 2.85. The second-order valence-electron chi connectivity index (χ2n) is 4.14. The van der Waals surface area contributed by atoms with Crippen molar-refractivity contribution in [1.82, 2.24) is 0 Å². The van der Waals surface area contributed by atoms with Crippen LogP contribution in [0.1, 0.15) is 22.0 Å². The minimum absolute atomic E-state index is 0.313. The Morgan fingerprint density at radius 3 is 2.53 bits per heavy atom. The van der Waals surface area contributed by atoms with Gasteiger partial charge in [-0.15, -0.1) is 0 Å². The van der Waals surface area contributed by atoms with E-state index in [1.165, 1.54) is 7.11 Å². The largest absolute Gasteiger partial charge is 0.496 e. The molecule has 19 heavy (non-hydrogen) atoms. The van der Waals surface area contributed by atoms with Crippen LogP contribution in [-0.4, -0.2) is 18.0 Å². The van der Waals surface area contributed by atoms with Gasteiger partial charge in [0.2, 0.25) is 0 Å². The highest BCUT2D eigenvalue weighted by molar-refractivity contribution is 6.02. The Kier molecular flexibility index (Phi) is 3.82. The lowest BCUT2D eigenvalue weighted by atomic mass is 9.99. The van der Waals surface area contributed by atoms with E-state index in [1.807, 2.05) is 6.07 Å². The number of anilines is 1. The van der Waals surface area contributed by atoms with Crippen LogP contribution >= 0.6 is 0 Å². The van der Waals surface area contributed by atoms with Crippen LogP contribution in [0.3, 0.4) is 0 Å². The average Bonchev–Trinajstić information content (AvgIpc) is 2.46. The van der Waals surface area contributed by atoms with E-state index in [2.05, 4.69) is 0 Å². The molecule has 0 fully saturated rings. The summed E-state index contributed by atoms with van der Waals surface area (Å²) in [5, 5.41) is 10.1. The second-order valence-corrected chi connectivity index (χ2v) is 4.14. The van der Waals surface area contributed by atoms with E-state index >= 15 is 0 Å². The van der Waals surface area contributed by atoms with Gasteiger partial charge in [-0.25, -0.2) is 0 Å². The third kappa shape index (κ3) is 2.74. The van der Waals surface area contributed by atoms with Gasteiger partial charge in [-0.2, -0.15) is 0 Å². The average molecular weight is 257 g/mol. The first kappa shape index (κ1) is 13.1. The van der Waals surface area contributed by atoms with Crippen molar-refractivity contribution in [1.29, 1.82) is 0 Å². The minimum Gasteiger partial charge on any atom is -0.496 e. The second kappa shape index (κ2) is 5.54. The number of rotatable bonds is 4. The van der Waals surface area contributed by atoms with Gasteiger partial charge >= 0.3 is 0 Å². The van der Waals surface area contributed by atoms with Crippen molar-refractivity contribution in [2.75, 3.05) is 12.8 Å². The Hall–Kier alpha value is -2.33. The molecule has 0 saturated carbocycles. The number of hydrogen-bond donors (Lipinski definition) is 2. The third-order valence-electron chi connectivity index (χ3n) is 2.85. The first-order chi connectivity index (χ1) is 9.13. The van der Waals surface area contributed by atoms with Gasteiger partial charge in [-0.05, 0) is 17.7 Å². The number of ketones is 1. The van der Waals surface area contributed by atoms with E-state index in [1.54, 1.807) is 42.5 Å². The van der Waals surface area contributed by atoms with Gasteiger partial charge < -0.3 is 15.6 Å². The highest BCUT2D eigenvalue weighted by Crippen LogP contribution is 2.26. The molecule has 0 saturated heterocycles. The zero-order valence-electron chi connectivity index (χ0n) is 10.5. The molecule has 1 unspecified atom stereocenters. The van der Waals surface area contributed by atoms with Gasteiger partial charge in [0.1, 0.15) is 11.9 Å². The minimum atomic E-state index is -1.21. The lowest BCUT2D eigenvalue weighted by molar-refractivity contribution is 0.0744. The molecule has 0 aliphatic heterocycles. The first-order valence-electron chi connectivity index (χ1n) is 5.84. The quantitative estimate of drug-likeness (QED) is 0.650. The summed E-state index contributed by atoms with van der Waals surface area (Å²) in [6.07, 6.45) is -1.21. The van der Waals surface area contributed by atoms with Crippen molar-refractivity contribution >= 4 is 11.5 Å². The fourth-order valence-electron chi connectivity index (χ4n) is 1.85. The summed E-state index contributed by atoms with van der Waals surface area (Å²) < 4.78 is 5.12. The number of benzene rings is 2. The molecular weight excluding hydrogens is 242 g/mol. The number of ether oxygens (including phenoxy) is 1. The smallest absolute Gasteiger partial charge is 0.199 e. The summed E-state index contributed by atoms with van der Waals surface area (Å²) >= 11 is 0. The summed E-state index contributed by atoms with van der Waals surface area (Å²) in [4.78, 5) is 12.3. The van der Waals surface area contributed by atoms with Crippen molar-refractivity contribution in [2.24, 2.45) is 0 Å². The van der Waals surface area contributed by atoms with Crippen LogP contribution < -0.4 is 10.5 Å². The van der Waals surface area contributed by atoms with Gasteiger partial charge in [0.05, 0.1) is 12.7 Å². The molecule has 0 bridgehead atoms. The highest BCUT2D eigenvalue weighted by Gasteiger charge is 2.22. The molecule has 3 N–H and O–H groups in total. The Morgan fingerprint density at radius 1 is 1.21 bits per heavy atom. The molecule has 2 aromatic carbocycles. The van der Waals surface area contributed by atoms with E-state index in [0.29, 0.717) is 22.6 Å². The van der Waals surface area contributed by atoms with Crippen LogP contribution in [0.15, 0.2) is 48.5 Å². The van der Waals surface area contributed by atoms with Gasteiger partial charge in [0, 0.05) is 11.8 Å². The van der Waals surface area contributed by atoms with Crippen molar-refractivity contribution < 1.29 is 14.6 Å². The highest BCUT2D eigenvalue weighted by atomic mass is 16.5. The van der Waals surface area contributed by atoms with Crippen LogP contribution in [0, 0.1) is 0 Å². The molecule has 98 valence electrons. The number of carbonyl (C=O) groups is 1. The fraction of sp³-hybridized carbons (Fsp3) is 0.133. The molecule has 0 heterocycles. The van der Waals surface area contributed by atoms with Gasteiger partial charge in [0.25, 0.3) is 0 Å². The monoisotopic (exact) mass is 257 g/mol. The van der Waals surface area contributed by atoms with Crippen LogP contribution in [0.25, 0.3) is 0 Å². The Labute approximate surface area is 111 Å². The lowest BCUT2D eigenvalue weighted by Crippen LogP contribution is -2.13. The maximum atomic E-state index is 12.3. The Balaban J connectivity index is 2.34. The molecule has 1 atom stereocenters. The van der Waals surface area contributed by atoms with Crippen molar-refractivity contribution in [2.45, 2.75) is 6.10 Å². The van der Waals surface area contributed by atoms with Gasteiger partial charge in [-0.1, -0.05) is 30.3 Å². The topological polar surface area (TPSA) is 72.5 Å². The number of carbonyl (C=O) groups excluding carboxylic acids is 1. The van der Waals surface area contributed by atoms with E-state index < -0.39 is 11.9 Å². The van der Waals surface area contributed by atoms with E-state index in [0.717, 1.165) is 0 Å². The van der Waals surface area contributed by atoms with E-state index in [4.69, 9.17) is 10.5 Å². The molecule has 0 aliphatic carbocycles. The molecule has 0 spiro atoms.